The zero-order valence-corrected chi connectivity index (χ0v) is 48.2. The highest BCUT2D eigenvalue weighted by Crippen LogP contribution is 2.10. The minimum atomic E-state index is -1.77. The third kappa shape index (κ3) is 27.4. The Balaban J connectivity index is 1.64. The molecule has 1 unspecified atom stereocenters. The molecule has 0 saturated heterocycles. The topological polar surface area (TPSA) is 469 Å². The third-order valence-electron chi connectivity index (χ3n) is 12.6. The Labute approximate surface area is 503 Å². The van der Waals surface area contributed by atoms with Gasteiger partial charge in [-0.1, -0.05) is 91.0 Å². The molecule has 31 heteroatoms. The number of thiocarbonyl (C=S) groups is 1. The average Bonchev–Trinajstić information content (AvgIpc) is 3.49. The van der Waals surface area contributed by atoms with Gasteiger partial charge in [-0.2, -0.15) is 12.6 Å². The van der Waals surface area contributed by atoms with Crippen molar-refractivity contribution in [1.29, 1.82) is 0 Å². The maximum atomic E-state index is 14.1. The fraction of sp³-hybridized carbons (Fsp3) is 0.418. The van der Waals surface area contributed by atoms with Gasteiger partial charge in [0.15, 0.2) is 5.11 Å². The van der Waals surface area contributed by atoms with E-state index in [0.29, 0.717) is 16.7 Å². The van der Waals surface area contributed by atoms with Gasteiger partial charge < -0.3 is 84.4 Å². The van der Waals surface area contributed by atoms with E-state index in [-0.39, 0.29) is 50.7 Å². The molecular weight excluding hydrogens is 1170 g/mol. The molecule has 9 atom stereocenters. The number of aliphatic carboxylic acids is 5. The molecule has 0 spiro atoms. The molecule has 0 fully saturated rings. The summed E-state index contributed by atoms with van der Waals surface area (Å²) in [5.74, 6) is -14.2. The minimum absolute atomic E-state index is 0.00251. The van der Waals surface area contributed by atoms with Crippen LogP contribution in [0.1, 0.15) is 68.6 Å². The monoisotopic (exact) mass is 1240 g/mol. The molecule has 3 rings (SSSR count). The molecule has 17 N–H and O–H groups in total. The number of amides is 8. The highest BCUT2D eigenvalue weighted by atomic mass is 32.1. The third-order valence-corrected chi connectivity index (χ3v) is 13.2. The van der Waals surface area contributed by atoms with Gasteiger partial charge >= 0.3 is 29.8 Å². The maximum Gasteiger partial charge on any atom is 0.327 e. The molecule has 0 aromatic heterocycles. The first-order chi connectivity index (χ1) is 40.7. The van der Waals surface area contributed by atoms with Crippen molar-refractivity contribution in [2.75, 3.05) is 18.8 Å². The summed E-state index contributed by atoms with van der Waals surface area (Å²) in [6.45, 7) is 0.381. The Bertz CT molecular complexity index is 2860. The van der Waals surface area contributed by atoms with Gasteiger partial charge in [0.05, 0.1) is 13.0 Å². The summed E-state index contributed by atoms with van der Waals surface area (Å²) in [6.07, 6.45) is -3.01. The molecule has 8 amide bonds. The van der Waals surface area contributed by atoms with Crippen LogP contribution in [0, 0.1) is 0 Å². The number of nitrogens with two attached hydrogens (primary N) is 1. The summed E-state index contributed by atoms with van der Waals surface area (Å²) >= 11 is 8.91. The molecule has 29 nitrogen and oxygen atoms in total. The van der Waals surface area contributed by atoms with Crippen molar-refractivity contribution >= 4 is 107 Å². The number of carbonyl (C=O) groups is 13. The summed E-state index contributed by atoms with van der Waals surface area (Å²) in [4.78, 5) is 165. The van der Waals surface area contributed by atoms with E-state index in [1.54, 1.807) is 97.9 Å². The van der Waals surface area contributed by atoms with Crippen LogP contribution in [0.5, 0.6) is 0 Å². The first-order valence-corrected chi connectivity index (χ1v) is 27.8. The second-order valence-electron chi connectivity index (χ2n) is 19.6. The van der Waals surface area contributed by atoms with Crippen molar-refractivity contribution < 1.29 is 87.9 Å². The van der Waals surface area contributed by atoms with E-state index in [2.05, 4.69) is 65.8 Å². The molecule has 0 aliphatic heterocycles. The number of hydrogen-bond acceptors (Lipinski definition) is 16. The Morgan fingerprint density at radius 3 is 1.30 bits per heavy atom. The van der Waals surface area contributed by atoms with E-state index in [1.165, 1.54) is 0 Å². The van der Waals surface area contributed by atoms with E-state index in [4.69, 9.17) is 23.1 Å². The highest BCUT2D eigenvalue weighted by molar-refractivity contribution is 7.80. The predicted molar refractivity (Wildman–Crippen MR) is 312 cm³/mol. The number of thiol groups is 1. The van der Waals surface area contributed by atoms with Gasteiger partial charge in [0.25, 0.3) is 0 Å². The van der Waals surface area contributed by atoms with Crippen molar-refractivity contribution in [3.05, 3.63) is 108 Å². The number of carbonyl (C=O) groups excluding carboxylic acids is 8. The van der Waals surface area contributed by atoms with Crippen LogP contribution < -0.4 is 58.9 Å². The summed E-state index contributed by atoms with van der Waals surface area (Å²) in [5.41, 5.74) is 7.86. The largest absolute Gasteiger partial charge is 0.481 e. The van der Waals surface area contributed by atoms with Crippen molar-refractivity contribution in [3.8, 4) is 0 Å². The summed E-state index contributed by atoms with van der Waals surface area (Å²) in [7, 11) is 0. The Kier molecular flexibility index (Phi) is 30.7. The molecule has 0 saturated carbocycles. The lowest BCUT2D eigenvalue weighted by Crippen LogP contribution is -2.59. The Hall–Kier alpha value is -9.23. The predicted octanol–water partition coefficient (Wildman–Crippen LogP) is -2.51. The van der Waals surface area contributed by atoms with Gasteiger partial charge in [-0.3, -0.25) is 47.9 Å². The van der Waals surface area contributed by atoms with Crippen LogP contribution >= 0.6 is 24.8 Å². The van der Waals surface area contributed by atoms with E-state index in [1.807, 2.05) is 0 Å². The Morgan fingerprint density at radius 2 is 0.849 bits per heavy atom. The first-order valence-electron chi connectivity index (χ1n) is 26.8. The van der Waals surface area contributed by atoms with Gasteiger partial charge in [0, 0.05) is 56.9 Å². The molecular formula is C55H71N11O18S2. The van der Waals surface area contributed by atoms with Gasteiger partial charge in [-0.25, -0.2) is 14.4 Å². The SMILES string of the molecule is C[C@@H](CCC(=O)NCC(=O)N[C@@H](Cc1ccccc1)C(=O)N[C@@H](Cc1ccccc1)C(=O)NC[C@H](N)C(=O)N[C@@H](CC(=O)O)C(=O)N[C@@H](CS)C(=O)O)NC(=O)C(Cc1ccccc1)NC(=O)CC[C@H](NC(=S)N[C@@H](CCC(=O)O)C(=O)O)C(=O)O. The van der Waals surface area contributed by atoms with Gasteiger partial charge in [0.2, 0.25) is 47.3 Å². The molecule has 0 heterocycles. The van der Waals surface area contributed by atoms with Gasteiger partial charge in [0.1, 0.15) is 48.3 Å². The summed E-state index contributed by atoms with van der Waals surface area (Å²) < 4.78 is 0. The molecule has 3 aromatic rings. The minimum Gasteiger partial charge on any atom is -0.481 e. The molecule has 0 bridgehead atoms. The number of carboxylic acid groups (broad SMARTS) is 5. The molecule has 0 radical (unpaired) electrons. The number of rotatable bonds is 38. The number of benzene rings is 3. The van der Waals surface area contributed by atoms with Crippen LogP contribution in [0.2, 0.25) is 0 Å². The molecule has 86 heavy (non-hydrogen) atoms. The van der Waals surface area contributed by atoms with E-state index in [9.17, 15) is 82.8 Å². The second kappa shape index (κ2) is 37.2. The van der Waals surface area contributed by atoms with Crippen LogP contribution in [-0.4, -0.2) is 181 Å². The summed E-state index contributed by atoms with van der Waals surface area (Å²) in [6, 6.07) is 13.1. The van der Waals surface area contributed by atoms with Crippen molar-refractivity contribution in [2.24, 2.45) is 5.73 Å². The van der Waals surface area contributed by atoms with Crippen molar-refractivity contribution in [1.82, 2.24) is 53.2 Å². The van der Waals surface area contributed by atoms with Crippen LogP contribution in [0.15, 0.2) is 91.0 Å². The van der Waals surface area contributed by atoms with Crippen molar-refractivity contribution in [3.63, 3.8) is 0 Å². The lowest BCUT2D eigenvalue weighted by atomic mass is 10.0. The van der Waals surface area contributed by atoms with Gasteiger partial charge in [-0.15, -0.1) is 0 Å². The standard InChI is InChI=1S/C55H71N11O18S2/c1-30(59-49(76)38(24-32-13-7-3-8-14-32)60-43(68)21-18-35(52(79)80)65-55(86)66-36(53(81)82)19-22-45(70)71)17-20-42(67)57-28-44(69)61-39(25-33-15-9-4-10-16-33)50(77)63-37(23-31-11-5-2-6-12-31)48(75)58-27-34(56)47(74)62-40(26-46(72)73)51(78)64-41(29-85)54(83)84/h2-16,30,34-41,85H,17-29,56H2,1H3,(H,57,67)(H,58,75)(H,59,76)(H,60,68)(H,61,69)(H,62,74)(H,63,77)(H,64,78)(H,70,71)(H,72,73)(H,79,80)(H,81,82)(H,83,84)(H2,65,66,86)/t30-,34-,35-,36-,37-,38?,39-,40-,41-/m0/s1. The highest BCUT2D eigenvalue weighted by Gasteiger charge is 2.32. The van der Waals surface area contributed by atoms with Crippen LogP contribution in [0.3, 0.4) is 0 Å². The van der Waals surface area contributed by atoms with E-state index >= 15 is 0 Å². The zero-order valence-electron chi connectivity index (χ0n) is 46.5. The second-order valence-corrected chi connectivity index (χ2v) is 20.3. The van der Waals surface area contributed by atoms with Crippen LogP contribution in [-0.2, 0) is 81.6 Å². The number of nitrogens with one attached hydrogen (secondary N) is 10. The fourth-order valence-corrected chi connectivity index (χ4v) is 8.49. The number of carboxylic acids is 5. The lowest BCUT2D eigenvalue weighted by molar-refractivity contribution is -0.143. The van der Waals surface area contributed by atoms with E-state index in [0.717, 1.165) is 0 Å². The zero-order chi connectivity index (χ0) is 63.9. The van der Waals surface area contributed by atoms with Crippen LogP contribution in [0.4, 0.5) is 0 Å². The molecule has 0 aliphatic carbocycles. The lowest BCUT2D eigenvalue weighted by Gasteiger charge is -2.24. The Morgan fingerprint density at radius 1 is 0.442 bits per heavy atom. The van der Waals surface area contributed by atoms with E-state index < -0.39 is 169 Å². The average molecular weight is 1240 g/mol. The van der Waals surface area contributed by atoms with Crippen LogP contribution in [0.25, 0.3) is 0 Å². The maximum absolute atomic E-state index is 14.1. The first kappa shape index (κ1) is 71.0. The molecule has 466 valence electrons. The molecule has 0 aliphatic rings. The summed E-state index contributed by atoms with van der Waals surface area (Å²) in [5, 5.41) is 70.9. The normalized spacial score (nSPS) is 13.9. The molecule has 3 aromatic carbocycles. The quantitative estimate of drug-likeness (QED) is 0.0208. The van der Waals surface area contributed by atoms with Crippen molar-refractivity contribution in [2.45, 2.75) is 126 Å². The fourth-order valence-electron chi connectivity index (χ4n) is 7.95. The number of hydrogen-bond donors (Lipinski definition) is 17. The smallest absolute Gasteiger partial charge is 0.327 e. The van der Waals surface area contributed by atoms with Gasteiger partial charge in [-0.05, 0) is 55.1 Å².